The first-order valence-electron chi connectivity index (χ1n) is 10.8. The standard InChI is InChI=1S/C23H27FN4O2/c1-14(29)28-15-12-23(2)20(9-5-6-10-21(23)28)27(13-15)22(30)19-11-18(25-26-19)16-7-3-4-8-17(16)24/h3-4,7-8,11,15,20-21H,5-6,9-10,12-13H2,1-2H3,(H,25,26)/t15-,20+,21-,23+/m0/s1. The largest absolute Gasteiger partial charge is 0.335 e. The molecule has 3 aliphatic rings. The highest BCUT2D eigenvalue weighted by atomic mass is 19.1. The zero-order valence-electron chi connectivity index (χ0n) is 17.4. The molecule has 3 fully saturated rings. The summed E-state index contributed by atoms with van der Waals surface area (Å²) in [5.41, 5.74) is 1.07. The number of H-pyrrole nitrogens is 1. The minimum absolute atomic E-state index is 0.0600. The van der Waals surface area contributed by atoms with E-state index < -0.39 is 0 Å². The van der Waals surface area contributed by atoms with Gasteiger partial charge in [-0.1, -0.05) is 31.9 Å². The smallest absolute Gasteiger partial charge is 0.272 e. The molecule has 2 aliphatic heterocycles. The van der Waals surface area contributed by atoms with Gasteiger partial charge in [-0.3, -0.25) is 14.7 Å². The second-order valence-electron chi connectivity index (χ2n) is 9.21. The van der Waals surface area contributed by atoms with Crippen LogP contribution in [0, 0.1) is 11.2 Å². The van der Waals surface area contributed by atoms with Gasteiger partial charge in [-0.2, -0.15) is 5.10 Å². The molecule has 4 atom stereocenters. The number of aromatic amines is 1. The van der Waals surface area contributed by atoms with Gasteiger partial charge in [0.1, 0.15) is 11.5 Å². The number of halogens is 1. The van der Waals surface area contributed by atoms with Crippen molar-refractivity contribution in [1.82, 2.24) is 20.0 Å². The number of likely N-dealkylation sites (tertiary alicyclic amines) is 2. The molecule has 6 nitrogen and oxygen atoms in total. The highest BCUT2D eigenvalue weighted by Gasteiger charge is 2.60. The van der Waals surface area contributed by atoms with Crippen LogP contribution in [0.5, 0.6) is 0 Å². The Morgan fingerprint density at radius 1 is 1.20 bits per heavy atom. The normalized spacial score (nSPS) is 30.3. The number of carbonyl (C=O) groups excluding carboxylic acids is 2. The number of hydrogen-bond donors (Lipinski definition) is 1. The van der Waals surface area contributed by atoms with Crippen molar-refractivity contribution in [3.8, 4) is 11.3 Å². The fourth-order valence-electron chi connectivity index (χ4n) is 6.26. The van der Waals surface area contributed by atoms with Crippen LogP contribution in [-0.2, 0) is 4.79 Å². The summed E-state index contributed by atoms with van der Waals surface area (Å²) in [5.74, 6) is -0.376. The number of nitrogens with one attached hydrogen (secondary N) is 1. The summed E-state index contributed by atoms with van der Waals surface area (Å²) in [4.78, 5) is 30.0. The van der Waals surface area contributed by atoms with Gasteiger partial charge < -0.3 is 9.80 Å². The quantitative estimate of drug-likeness (QED) is 0.822. The van der Waals surface area contributed by atoms with Crippen LogP contribution in [0.15, 0.2) is 30.3 Å². The van der Waals surface area contributed by atoms with Gasteiger partial charge in [-0.05, 0) is 37.5 Å². The molecule has 3 heterocycles. The summed E-state index contributed by atoms with van der Waals surface area (Å²) in [7, 11) is 0. The molecule has 158 valence electrons. The molecule has 5 rings (SSSR count). The lowest BCUT2D eigenvalue weighted by Crippen LogP contribution is -2.55. The first-order chi connectivity index (χ1) is 14.4. The number of nitrogens with zero attached hydrogens (tertiary/aromatic N) is 3. The van der Waals surface area contributed by atoms with E-state index in [1.807, 2.05) is 9.80 Å². The monoisotopic (exact) mass is 410 g/mol. The number of amides is 2. The van der Waals surface area contributed by atoms with E-state index in [9.17, 15) is 14.0 Å². The molecule has 0 spiro atoms. The fourth-order valence-corrected chi connectivity index (χ4v) is 6.26. The Kier molecular flexibility index (Phi) is 4.45. The van der Waals surface area contributed by atoms with Gasteiger partial charge in [-0.15, -0.1) is 0 Å². The minimum atomic E-state index is -0.366. The molecule has 1 saturated carbocycles. The van der Waals surface area contributed by atoms with Crippen LogP contribution < -0.4 is 0 Å². The molecule has 2 amide bonds. The molecule has 1 aliphatic carbocycles. The SMILES string of the molecule is CC(=O)N1[C@@H]2CN(C(=O)c3cc(-c4ccccc4F)n[nH]3)[C@@H]3CCCC[C@H]1[C@]3(C)C2. The third-order valence-electron chi connectivity index (χ3n) is 7.50. The number of piperidine rings is 1. The van der Waals surface area contributed by atoms with Crippen molar-refractivity contribution < 1.29 is 14.0 Å². The van der Waals surface area contributed by atoms with E-state index in [0.29, 0.717) is 23.5 Å². The lowest BCUT2D eigenvalue weighted by atomic mass is 9.71. The van der Waals surface area contributed by atoms with Crippen LogP contribution in [0.2, 0.25) is 0 Å². The molecule has 0 radical (unpaired) electrons. The number of benzene rings is 1. The lowest BCUT2D eigenvalue weighted by Gasteiger charge is -2.46. The maximum Gasteiger partial charge on any atom is 0.272 e. The maximum absolute atomic E-state index is 14.1. The van der Waals surface area contributed by atoms with Crippen LogP contribution in [0.4, 0.5) is 4.39 Å². The van der Waals surface area contributed by atoms with Gasteiger partial charge >= 0.3 is 0 Å². The molecule has 7 heteroatoms. The number of aromatic nitrogens is 2. The lowest BCUT2D eigenvalue weighted by molar-refractivity contribution is -0.132. The fraction of sp³-hybridized carbons (Fsp3) is 0.522. The van der Waals surface area contributed by atoms with Gasteiger partial charge in [0.25, 0.3) is 5.91 Å². The van der Waals surface area contributed by atoms with Crippen LogP contribution in [-0.4, -0.2) is 56.5 Å². The summed E-state index contributed by atoms with van der Waals surface area (Å²) in [6.07, 6.45) is 5.05. The molecule has 1 aromatic carbocycles. The van der Waals surface area contributed by atoms with Crippen molar-refractivity contribution >= 4 is 11.8 Å². The highest BCUT2D eigenvalue weighted by Crippen LogP contribution is 2.53. The van der Waals surface area contributed by atoms with E-state index in [-0.39, 0.29) is 41.2 Å². The molecule has 1 aromatic heterocycles. The van der Waals surface area contributed by atoms with Crippen LogP contribution in [0.3, 0.4) is 0 Å². The molecular formula is C23H27FN4O2. The summed E-state index contributed by atoms with van der Waals surface area (Å²) in [5, 5.41) is 7.02. The molecule has 0 unspecified atom stereocenters. The Hall–Kier alpha value is -2.70. The van der Waals surface area contributed by atoms with Crippen molar-refractivity contribution in [1.29, 1.82) is 0 Å². The Morgan fingerprint density at radius 2 is 1.93 bits per heavy atom. The average molecular weight is 410 g/mol. The molecule has 30 heavy (non-hydrogen) atoms. The second-order valence-corrected chi connectivity index (χ2v) is 9.21. The summed E-state index contributed by atoms with van der Waals surface area (Å²) in [6, 6.07) is 8.41. The van der Waals surface area contributed by atoms with E-state index in [4.69, 9.17) is 0 Å². The Labute approximate surface area is 175 Å². The molecule has 2 aromatic rings. The first-order valence-corrected chi connectivity index (χ1v) is 10.8. The Balaban J connectivity index is 1.48. The van der Waals surface area contributed by atoms with Gasteiger partial charge in [0.2, 0.25) is 5.91 Å². The van der Waals surface area contributed by atoms with Gasteiger partial charge in [0, 0.05) is 36.5 Å². The molecule has 1 N–H and O–H groups in total. The van der Waals surface area contributed by atoms with E-state index in [1.165, 1.54) is 6.07 Å². The van der Waals surface area contributed by atoms with E-state index in [1.54, 1.807) is 31.2 Å². The van der Waals surface area contributed by atoms with Crippen molar-refractivity contribution in [3.63, 3.8) is 0 Å². The third kappa shape index (κ3) is 2.78. The third-order valence-corrected chi connectivity index (χ3v) is 7.50. The number of carbonyl (C=O) groups is 2. The van der Waals surface area contributed by atoms with Crippen molar-refractivity contribution in [3.05, 3.63) is 41.8 Å². The summed E-state index contributed by atoms with van der Waals surface area (Å²) >= 11 is 0. The number of rotatable bonds is 2. The van der Waals surface area contributed by atoms with Crippen molar-refractivity contribution in [2.24, 2.45) is 5.41 Å². The first kappa shape index (κ1) is 19.3. The number of fused-ring (bicyclic) bond motifs is 1. The van der Waals surface area contributed by atoms with Gasteiger partial charge in [0.05, 0.1) is 11.7 Å². The van der Waals surface area contributed by atoms with E-state index >= 15 is 0 Å². The maximum atomic E-state index is 14.1. The predicted octanol–water partition coefficient (Wildman–Crippen LogP) is 3.61. The van der Waals surface area contributed by atoms with Crippen molar-refractivity contribution in [2.75, 3.05) is 6.54 Å². The van der Waals surface area contributed by atoms with E-state index in [2.05, 4.69) is 17.1 Å². The van der Waals surface area contributed by atoms with Gasteiger partial charge in [0.15, 0.2) is 0 Å². The molecular weight excluding hydrogens is 383 g/mol. The second kappa shape index (κ2) is 6.93. The summed E-state index contributed by atoms with van der Waals surface area (Å²) in [6.45, 7) is 4.44. The molecule has 2 saturated heterocycles. The van der Waals surface area contributed by atoms with Gasteiger partial charge in [-0.25, -0.2) is 4.39 Å². The number of hydrogen-bond acceptors (Lipinski definition) is 3. The Morgan fingerprint density at radius 3 is 2.67 bits per heavy atom. The van der Waals surface area contributed by atoms with Crippen LogP contribution in [0.1, 0.15) is 56.4 Å². The van der Waals surface area contributed by atoms with Crippen LogP contribution in [0.25, 0.3) is 11.3 Å². The predicted molar refractivity (Wildman–Crippen MR) is 110 cm³/mol. The van der Waals surface area contributed by atoms with Crippen molar-refractivity contribution in [2.45, 2.75) is 64.1 Å². The Bertz CT molecular complexity index is 1000. The minimum Gasteiger partial charge on any atom is -0.335 e. The highest BCUT2D eigenvalue weighted by molar-refractivity contribution is 5.94. The molecule has 2 bridgehead atoms. The zero-order valence-corrected chi connectivity index (χ0v) is 17.4. The zero-order chi connectivity index (χ0) is 21.0. The van der Waals surface area contributed by atoms with E-state index in [0.717, 1.165) is 32.1 Å². The van der Waals surface area contributed by atoms with Crippen LogP contribution >= 0.6 is 0 Å². The average Bonchev–Trinajstić information content (AvgIpc) is 3.24. The summed E-state index contributed by atoms with van der Waals surface area (Å²) < 4.78 is 14.1. The topological polar surface area (TPSA) is 69.3 Å².